The highest BCUT2D eigenvalue weighted by Gasteiger charge is 2.25. The Kier molecular flexibility index (Phi) is 9.62. The maximum atomic E-state index is 12.2. The van der Waals surface area contributed by atoms with E-state index in [1.165, 1.54) is 29.9 Å². The summed E-state index contributed by atoms with van der Waals surface area (Å²) in [6.07, 6.45) is 3.75. The minimum atomic E-state index is -0.669. The van der Waals surface area contributed by atoms with E-state index in [4.69, 9.17) is 30.0 Å². The van der Waals surface area contributed by atoms with Crippen LogP contribution in [-0.4, -0.2) is 66.0 Å². The maximum absolute atomic E-state index is 12.2. The molecule has 5 aromatic rings. The number of aryl methyl sites for hydroxylation is 4. The number of carbonyl (C=O) groups is 2. The second-order valence-electron chi connectivity index (χ2n) is 10.2. The van der Waals surface area contributed by atoms with Gasteiger partial charge in [0.2, 0.25) is 0 Å². The molecule has 0 aromatic carbocycles. The van der Waals surface area contributed by atoms with Crippen LogP contribution in [0.3, 0.4) is 0 Å². The summed E-state index contributed by atoms with van der Waals surface area (Å²) in [7, 11) is 2.47. The molecule has 4 N–H and O–H groups in total. The van der Waals surface area contributed by atoms with E-state index in [2.05, 4.69) is 50.9 Å². The van der Waals surface area contributed by atoms with Crippen LogP contribution >= 0.6 is 0 Å². The number of hydrogen-bond acceptors (Lipinski definition) is 18. The van der Waals surface area contributed by atoms with Gasteiger partial charge in [-0.25, -0.2) is 19.6 Å². The summed E-state index contributed by atoms with van der Waals surface area (Å²) in [5.74, 6) is -0.836. The van der Waals surface area contributed by atoms with Gasteiger partial charge in [0.05, 0.1) is 37.0 Å². The minimum Gasteiger partial charge on any atom is -0.465 e. The first-order valence-electron chi connectivity index (χ1n) is 14.6. The number of nitrogens with zero attached hydrogens (tertiary/aromatic N) is 12. The number of nitrogen functional groups attached to an aromatic ring is 2. The highest BCUT2D eigenvalue weighted by molar-refractivity contribution is 5.95. The van der Waals surface area contributed by atoms with E-state index in [0.29, 0.717) is 35.6 Å². The topological polar surface area (TPSA) is 268 Å². The van der Waals surface area contributed by atoms with Crippen LogP contribution in [0.2, 0.25) is 0 Å². The number of hydrogen-bond donors (Lipinski definition) is 2. The monoisotopic (exact) mass is 660 g/mol. The number of esters is 2. The molecule has 0 aliphatic rings. The van der Waals surface area contributed by atoms with Crippen molar-refractivity contribution in [2.75, 3.05) is 25.7 Å². The first-order chi connectivity index (χ1) is 23.1. The Morgan fingerprint density at radius 3 is 1.54 bits per heavy atom. The van der Waals surface area contributed by atoms with Crippen molar-refractivity contribution >= 4 is 46.7 Å². The Morgan fingerprint density at radius 1 is 0.750 bits per heavy atom. The fourth-order valence-electron chi connectivity index (χ4n) is 4.60. The predicted octanol–water partition coefficient (Wildman–Crippen LogP) is 4.91. The van der Waals surface area contributed by atoms with Gasteiger partial charge in [0.15, 0.2) is 45.8 Å². The predicted molar refractivity (Wildman–Crippen MR) is 167 cm³/mol. The molecule has 5 rings (SSSR count). The van der Waals surface area contributed by atoms with Gasteiger partial charge in [0, 0.05) is 6.07 Å². The van der Waals surface area contributed by atoms with Crippen LogP contribution in [0.15, 0.2) is 41.9 Å². The molecule has 0 fully saturated rings. The van der Waals surface area contributed by atoms with Crippen LogP contribution in [0.5, 0.6) is 0 Å². The smallest absolute Gasteiger partial charge is 0.345 e. The van der Waals surface area contributed by atoms with Crippen molar-refractivity contribution in [3.63, 3.8) is 0 Å². The average Bonchev–Trinajstić information content (AvgIpc) is 3.82. The number of aromatic nitrogens is 8. The summed E-state index contributed by atoms with van der Waals surface area (Å²) >= 11 is 0. The fourth-order valence-corrected chi connectivity index (χ4v) is 4.60. The van der Waals surface area contributed by atoms with E-state index in [1.807, 2.05) is 13.8 Å². The molecule has 0 atom stereocenters. The standard InChI is InChI=1S/C28H32N14O6/c1-7-9-15-21(33-35-25-19(27(43)45-5)13(3)39-47-25)23(29)41(37-15)17-11-18(32-12-31-17)42-24(30)22(16(38-42)10-8-2)34-36-26-20(28(44)46-6)14(4)40-48-26/h11-12H,7-10,29-30H2,1-6H3. The van der Waals surface area contributed by atoms with Crippen molar-refractivity contribution in [1.82, 2.24) is 39.8 Å². The second kappa shape index (κ2) is 14.0. The number of methoxy groups -OCH3 is 2. The van der Waals surface area contributed by atoms with Crippen molar-refractivity contribution in [3.05, 3.63) is 46.3 Å². The van der Waals surface area contributed by atoms with Gasteiger partial charge in [-0.2, -0.15) is 19.6 Å². The number of anilines is 2. The molecule has 250 valence electrons. The molecule has 0 unspecified atom stereocenters. The third-order valence-electron chi connectivity index (χ3n) is 6.93. The highest BCUT2D eigenvalue weighted by Crippen LogP contribution is 2.35. The van der Waals surface area contributed by atoms with Crippen LogP contribution in [-0.2, 0) is 22.3 Å². The van der Waals surface area contributed by atoms with Gasteiger partial charge in [-0.1, -0.05) is 37.0 Å². The van der Waals surface area contributed by atoms with Crippen LogP contribution in [0.1, 0.15) is 70.2 Å². The summed E-state index contributed by atoms with van der Waals surface area (Å²) in [4.78, 5) is 33.1. The quantitative estimate of drug-likeness (QED) is 0.133. The summed E-state index contributed by atoms with van der Waals surface area (Å²) in [5, 5.41) is 33.5. The molecule has 0 amide bonds. The van der Waals surface area contributed by atoms with Gasteiger partial charge in [-0.15, -0.1) is 20.5 Å². The van der Waals surface area contributed by atoms with Gasteiger partial charge in [-0.05, 0) is 26.7 Å². The molecule has 0 saturated heterocycles. The van der Waals surface area contributed by atoms with Crippen LogP contribution < -0.4 is 11.5 Å². The molecule has 5 heterocycles. The van der Waals surface area contributed by atoms with E-state index < -0.39 is 11.9 Å². The molecule has 48 heavy (non-hydrogen) atoms. The zero-order chi connectivity index (χ0) is 34.5. The van der Waals surface area contributed by atoms with Gasteiger partial charge < -0.3 is 30.0 Å². The first kappa shape index (κ1) is 33.0. The van der Waals surface area contributed by atoms with E-state index in [9.17, 15) is 9.59 Å². The Hall–Kier alpha value is -6.34. The molecule has 0 spiro atoms. The SMILES string of the molecule is CCCc1nn(-c2cc(-n3nc(CCC)c(N=Nc4onc(C)c4C(=O)OC)c3N)ncn2)c(N)c1N=Nc1onc(C)c1C(=O)OC. The lowest BCUT2D eigenvalue weighted by Crippen LogP contribution is -2.09. The fraction of sp³-hybridized carbons (Fsp3) is 0.357. The maximum Gasteiger partial charge on any atom is 0.345 e. The lowest BCUT2D eigenvalue weighted by atomic mass is 10.2. The minimum absolute atomic E-state index is 0.0442. The van der Waals surface area contributed by atoms with Gasteiger partial charge in [0.25, 0.3) is 11.8 Å². The Balaban J connectivity index is 1.53. The van der Waals surface area contributed by atoms with E-state index in [0.717, 1.165) is 12.8 Å². The van der Waals surface area contributed by atoms with Crippen LogP contribution in [0.4, 0.5) is 34.8 Å². The van der Waals surface area contributed by atoms with Crippen molar-refractivity contribution in [2.45, 2.75) is 53.4 Å². The molecule has 0 saturated carbocycles. The number of azo groups is 2. The van der Waals surface area contributed by atoms with Gasteiger partial charge in [0.1, 0.15) is 6.33 Å². The zero-order valence-corrected chi connectivity index (χ0v) is 27.0. The molecule has 0 aliphatic heterocycles. The van der Waals surface area contributed by atoms with Crippen molar-refractivity contribution < 1.29 is 28.1 Å². The van der Waals surface area contributed by atoms with E-state index in [-0.39, 0.29) is 57.5 Å². The molecular formula is C28H32N14O6. The lowest BCUT2D eigenvalue weighted by molar-refractivity contribution is 0.0591. The number of rotatable bonds is 12. The molecular weight excluding hydrogens is 628 g/mol. The van der Waals surface area contributed by atoms with Crippen molar-refractivity contribution in [3.8, 4) is 11.6 Å². The van der Waals surface area contributed by atoms with Gasteiger partial charge in [-0.3, -0.25) is 0 Å². The molecule has 20 nitrogen and oxygen atoms in total. The summed E-state index contributed by atoms with van der Waals surface area (Å²) in [5.41, 5.74) is 15.3. The summed E-state index contributed by atoms with van der Waals surface area (Å²) in [6, 6.07) is 1.57. The largest absolute Gasteiger partial charge is 0.465 e. The Labute approximate surface area is 272 Å². The second-order valence-corrected chi connectivity index (χ2v) is 10.2. The summed E-state index contributed by atoms with van der Waals surface area (Å²) in [6.45, 7) is 7.10. The molecule has 5 aromatic heterocycles. The summed E-state index contributed by atoms with van der Waals surface area (Å²) < 4.78 is 22.7. The number of nitrogens with two attached hydrogens (primary N) is 2. The van der Waals surface area contributed by atoms with Crippen molar-refractivity contribution in [2.24, 2.45) is 20.5 Å². The van der Waals surface area contributed by atoms with Crippen LogP contribution in [0.25, 0.3) is 11.6 Å². The van der Waals surface area contributed by atoms with E-state index in [1.54, 1.807) is 19.9 Å². The number of carbonyl (C=O) groups excluding carboxylic acids is 2. The molecule has 0 radical (unpaired) electrons. The molecule has 0 aliphatic carbocycles. The third kappa shape index (κ3) is 6.22. The lowest BCUT2D eigenvalue weighted by Gasteiger charge is -2.06. The molecule has 0 bridgehead atoms. The van der Waals surface area contributed by atoms with Crippen LogP contribution in [0, 0.1) is 13.8 Å². The average molecular weight is 661 g/mol. The normalized spacial score (nSPS) is 11.6. The Bertz CT molecular complexity index is 1900. The van der Waals surface area contributed by atoms with E-state index >= 15 is 0 Å². The highest BCUT2D eigenvalue weighted by atomic mass is 16.5. The van der Waals surface area contributed by atoms with Crippen molar-refractivity contribution in [1.29, 1.82) is 0 Å². The third-order valence-corrected chi connectivity index (χ3v) is 6.93. The van der Waals surface area contributed by atoms with Gasteiger partial charge >= 0.3 is 11.9 Å². The first-order valence-corrected chi connectivity index (χ1v) is 14.6. The Morgan fingerprint density at radius 2 is 1.17 bits per heavy atom. The number of ether oxygens (including phenoxy) is 2. The molecule has 20 heteroatoms. The zero-order valence-electron chi connectivity index (χ0n) is 27.0.